The van der Waals surface area contributed by atoms with E-state index in [0.717, 1.165) is 16.7 Å². The van der Waals surface area contributed by atoms with Gasteiger partial charge in [-0.3, -0.25) is 0 Å². The average molecular weight is 529 g/mol. The summed E-state index contributed by atoms with van der Waals surface area (Å²) in [6.07, 6.45) is 3.63. The quantitative estimate of drug-likeness (QED) is 0.161. The van der Waals surface area contributed by atoms with Gasteiger partial charge in [0.15, 0.2) is 23.0 Å². The van der Waals surface area contributed by atoms with Crippen molar-refractivity contribution in [3.05, 3.63) is 100 Å². The average Bonchev–Trinajstić information content (AvgIpc) is 2.92. The third-order valence-corrected chi connectivity index (χ3v) is 7.01. The summed E-state index contributed by atoms with van der Waals surface area (Å²) < 4.78 is 10.6. The molecule has 0 aromatic heterocycles. The van der Waals surface area contributed by atoms with E-state index in [9.17, 15) is 25.5 Å². The fraction of sp³-hybridized carbons (Fsp3) is 0.188. The minimum atomic E-state index is -0.449. The second-order valence-corrected chi connectivity index (χ2v) is 9.39. The first-order valence-electron chi connectivity index (χ1n) is 12.4. The number of aromatic hydroxyl groups is 5. The first kappa shape index (κ1) is 27.3. The zero-order valence-corrected chi connectivity index (χ0v) is 22.2. The molecule has 0 aliphatic rings. The minimum Gasteiger partial charge on any atom is -0.508 e. The maximum absolute atomic E-state index is 11.7. The highest BCUT2D eigenvalue weighted by Crippen LogP contribution is 2.47. The van der Waals surface area contributed by atoms with Crippen LogP contribution in [0, 0.1) is 0 Å². The lowest BCUT2D eigenvalue weighted by Gasteiger charge is -2.24. The molecular formula is C32H32O7. The zero-order valence-electron chi connectivity index (χ0n) is 22.2. The molecule has 4 aromatic carbocycles. The van der Waals surface area contributed by atoms with Gasteiger partial charge in [0.2, 0.25) is 0 Å². The van der Waals surface area contributed by atoms with Gasteiger partial charge in [-0.2, -0.15) is 0 Å². The minimum absolute atomic E-state index is 0.00594. The standard InChI is InChI=1S/C32H32O7/c1-18(21-9-13-25(34)28(16-21)38-3)30-23(8-5-20-6-11-24(33)12-7-20)15-27(36)31(32(30)37)19(2)22-10-14-26(35)29(17-22)39-4/h5-19,33-37H,1-4H3. The molecule has 0 bridgehead atoms. The molecule has 5 N–H and O–H groups in total. The molecule has 39 heavy (non-hydrogen) atoms. The van der Waals surface area contributed by atoms with Crippen molar-refractivity contribution < 1.29 is 35.0 Å². The molecule has 0 fully saturated rings. The summed E-state index contributed by atoms with van der Waals surface area (Å²) in [4.78, 5) is 0. The molecule has 0 radical (unpaired) electrons. The normalized spacial score (nSPS) is 12.8. The van der Waals surface area contributed by atoms with E-state index in [2.05, 4.69) is 0 Å². The summed E-state index contributed by atoms with van der Waals surface area (Å²) in [6, 6.07) is 18.2. The zero-order chi connectivity index (χ0) is 28.3. The molecular weight excluding hydrogens is 496 g/mol. The van der Waals surface area contributed by atoms with Crippen LogP contribution in [0.1, 0.15) is 59.1 Å². The van der Waals surface area contributed by atoms with Crippen molar-refractivity contribution in [1.82, 2.24) is 0 Å². The highest BCUT2D eigenvalue weighted by molar-refractivity contribution is 5.76. The number of methoxy groups -OCH3 is 2. The number of ether oxygens (including phenoxy) is 2. The molecule has 0 aliphatic heterocycles. The summed E-state index contributed by atoms with van der Waals surface area (Å²) >= 11 is 0. The van der Waals surface area contributed by atoms with Crippen molar-refractivity contribution in [2.24, 2.45) is 0 Å². The first-order valence-corrected chi connectivity index (χ1v) is 12.4. The van der Waals surface area contributed by atoms with Gasteiger partial charge in [0.1, 0.15) is 17.2 Å². The number of phenols is 5. The van der Waals surface area contributed by atoms with E-state index in [4.69, 9.17) is 9.47 Å². The van der Waals surface area contributed by atoms with Crippen LogP contribution >= 0.6 is 0 Å². The molecule has 0 saturated carbocycles. The third kappa shape index (κ3) is 5.57. The Kier molecular flexibility index (Phi) is 7.91. The van der Waals surface area contributed by atoms with Crippen LogP contribution in [0.3, 0.4) is 0 Å². The molecule has 4 aromatic rings. The predicted molar refractivity (Wildman–Crippen MR) is 151 cm³/mol. The van der Waals surface area contributed by atoms with Crippen molar-refractivity contribution in [3.63, 3.8) is 0 Å². The Labute approximate surface area is 227 Å². The summed E-state index contributed by atoms with van der Waals surface area (Å²) in [5.41, 5.74) is 3.84. The van der Waals surface area contributed by atoms with E-state index in [-0.39, 0.29) is 40.4 Å². The number of rotatable bonds is 8. The van der Waals surface area contributed by atoms with Crippen LogP contribution in [0.2, 0.25) is 0 Å². The van der Waals surface area contributed by atoms with Crippen LogP contribution in [0.15, 0.2) is 66.7 Å². The summed E-state index contributed by atoms with van der Waals surface area (Å²) in [6.45, 7) is 3.78. The Morgan fingerprint density at radius 3 is 1.62 bits per heavy atom. The van der Waals surface area contributed by atoms with Gasteiger partial charge < -0.3 is 35.0 Å². The highest BCUT2D eigenvalue weighted by Gasteiger charge is 2.26. The summed E-state index contributed by atoms with van der Waals surface area (Å²) in [5.74, 6) is -0.216. The van der Waals surface area contributed by atoms with Crippen LogP contribution < -0.4 is 9.47 Å². The lowest BCUT2D eigenvalue weighted by Crippen LogP contribution is -2.05. The SMILES string of the molecule is COc1cc(C(C)c2c(O)cc(C=Cc3ccc(O)cc3)c(C(C)c3ccc(O)c(OC)c3)c2O)ccc1O. The Morgan fingerprint density at radius 1 is 0.590 bits per heavy atom. The smallest absolute Gasteiger partial charge is 0.160 e. The lowest BCUT2D eigenvalue weighted by molar-refractivity contribution is 0.372. The molecule has 7 heteroatoms. The molecule has 202 valence electrons. The molecule has 2 atom stereocenters. The number of hydrogen-bond donors (Lipinski definition) is 5. The van der Waals surface area contributed by atoms with E-state index in [1.165, 1.54) is 20.3 Å². The topological polar surface area (TPSA) is 120 Å². The van der Waals surface area contributed by atoms with Crippen LogP contribution in [-0.4, -0.2) is 39.8 Å². The van der Waals surface area contributed by atoms with E-state index in [1.807, 2.05) is 19.9 Å². The first-order chi connectivity index (χ1) is 18.6. The van der Waals surface area contributed by atoms with Crippen molar-refractivity contribution in [2.75, 3.05) is 14.2 Å². The predicted octanol–water partition coefficient (Wildman–Crippen LogP) is 6.71. The number of phenolic OH excluding ortho intramolecular Hbond substituents is 5. The maximum atomic E-state index is 11.7. The van der Waals surface area contributed by atoms with Gasteiger partial charge in [-0.1, -0.05) is 50.3 Å². The van der Waals surface area contributed by atoms with Gasteiger partial charge in [0.05, 0.1) is 14.2 Å². The third-order valence-electron chi connectivity index (χ3n) is 7.01. The van der Waals surface area contributed by atoms with Crippen LogP contribution in [0.4, 0.5) is 0 Å². The molecule has 0 saturated heterocycles. The second kappa shape index (κ2) is 11.3. The van der Waals surface area contributed by atoms with E-state index in [0.29, 0.717) is 22.4 Å². The van der Waals surface area contributed by atoms with E-state index >= 15 is 0 Å². The molecule has 0 spiro atoms. The fourth-order valence-corrected chi connectivity index (χ4v) is 4.76. The Balaban J connectivity index is 1.89. The van der Waals surface area contributed by atoms with Gasteiger partial charge in [-0.25, -0.2) is 0 Å². The second-order valence-electron chi connectivity index (χ2n) is 9.39. The largest absolute Gasteiger partial charge is 0.508 e. The number of hydrogen-bond acceptors (Lipinski definition) is 7. The molecule has 0 heterocycles. The van der Waals surface area contributed by atoms with E-state index in [1.54, 1.807) is 66.7 Å². The van der Waals surface area contributed by atoms with Gasteiger partial charge in [-0.15, -0.1) is 0 Å². The van der Waals surface area contributed by atoms with Gasteiger partial charge in [0, 0.05) is 23.0 Å². The molecule has 4 rings (SSSR count). The molecule has 2 unspecified atom stereocenters. The molecule has 7 nitrogen and oxygen atoms in total. The van der Waals surface area contributed by atoms with Crippen molar-refractivity contribution in [3.8, 4) is 40.2 Å². The Hall–Kier alpha value is -4.78. The van der Waals surface area contributed by atoms with Crippen molar-refractivity contribution in [2.45, 2.75) is 25.7 Å². The molecule has 0 aliphatic carbocycles. The van der Waals surface area contributed by atoms with Crippen LogP contribution in [0.5, 0.6) is 40.2 Å². The van der Waals surface area contributed by atoms with Gasteiger partial charge in [-0.05, 0) is 64.7 Å². The van der Waals surface area contributed by atoms with Crippen LogP contribution in [-0.2, 0) is 0 Å². The van der Waals surface area contributed by atoms with Gasteiger partial charge in [0.25, 0.3) is 0 Å². The van der Waals surface area contributed by atoms with Gasteiger partial charge >= 0.3 is 0 Å². The fourth-order valence-electron chi connectivity index (χ4n) is 4.76. The van der Waals surface area contributed by atoms with Crippen LogP contribution in [0.25, 0.3) is 12.2 Å². The Morgan fingerprint density at radius 2 is 1.10 bits per heavy atom. The summed E-state index contributed by atoms with van der Waals surface area (Å²) in [7, 11) is 2.93. The monoisotopic (exact) mass is 528 g/mol. The lowest BCUT2D eigenvalue weighted by atomic mass is 9.82. The van der Waals surface area contributed by atoms with E-state index < -0.39 is 5.92 Å². The number of benzene rings is 4. The highest BCUT2D eigenvalue weighted by atomic mass is 16.5. The molecule has 0 amide bonds. The maximum Gasteiger partial charge on any atom is 0.160 e. The van der Waals surface area contributed by atoms with Crippen molar-refractivity contribution in [1.29, 1.82) is 0 Å². The Bertz CT molecular complexity index is 1510. The summed E-state index contributed by atoms with van der Waals surface area (Å²) in [5, 5.41) is 52.6. The van der Waals surface area contributed by atoms with Crippen molar-refractivity contribution >= 4 is 12.2 Å².